The first kappa shape index (κ1) is 14.3. The fourth-order valence-electron chi connectivity index (χ4n) is 2.82. The Morgan fingerprint density at radius 3 is 2.74 bits per heavy atom. The molecule has 1 aromatic rings. The Bertz CT molecular complexity index is 459. The molecule has 0 bridgehead atoms. The summed E-state index contributed by atoms with van der Waals surface area (Å²) in [6.07, 6.45) is 0.148. The zero-order valence-corrected chi connectivity index (χ0v) is 12.1. The minimum atomic E-state index is -0.239. The Kier molecular flexibility index (Phi) is 3.83. The van der Waals surface area contributed by atoms with E-state index in [-0.39, 0.29) is 23.6 Å². The van der Waals surface area contributed by atoms with Crippen molar-refractivity contribution in [3.63, 3.8) is 0 Å². The van der Waals surface area contributed by atoms with Gasteiger partial charge in [0.1, 0.15) is 5.82 Å². The van der Waals surface area contributed by atoms with Crippen LogP contribution in [0.25, 0.3) is 0 Å². The predicted molar refractivity (Wildman–Crippen MR) is 75.8 cm³/mol. The van der Waals surface area contributed by atoms with E-state index < -0.39 is 0 Å². The molecule has 2 atom stereocenters. The molecule has 1 saturated heterocycles. The van der Waals surface area contributed by atoms with Crippen LogP contribution in [0, 0.1) is 5.82 Å². The highest BCUT2D eigenvalue weighted by atomic mass is 19.1. The molecule has 1 fully saturated rings. The van der Waals surface area contributed by atoms with Gasteiger partial charge in [0.05, 0.1) is 11.7 Å². The van der Waals surface area contributed by atoms with Crippen molar-refractivity contribution in [3.8, 4) is 0 Å². The van der Waals surface area contributed by atoms with Gasteiger partial charge in [-0.2, -0.15) is 0 Å². The van der Waals surface area contributed by atoms with Crippen LogP contribution < -0.4 is 10.6 Å². The highest BCUT2D eigenvalue weighted by Gasteiger charge is 2.32. The molecule has 106 valence electrons. The first-order valence-electron chi connectivity index (χ1n) is 6.76. The maximum Gasteiger partial charge on any atom is 0.123 e. The van der Waals surface area contributed by atoms with Crippen molar-refractivity contribution in [1.82, 2.24) is 0 Å². The molecular formula is C15H23FN2O. The lowest BCUT2D eigenvalue weighted by atomic mass is 10.0. The molecule has 3 nitrogen and oxygen atoms in total. The summed E-state index contributed by atoms with van der Waals surface area (Å²) in [5.41, 5.74) is 7.63. The van der Waals surface area contributed by atoms with E-state index in [9.17, 15) is 4.39 Å². The second kappa shape index (κ2) is 5.10. The van der Waals surface area contributed by atoms with Crippen molar-refractivity contribution >= 4 is 5.69 Å². The number of morpholine rings is 1. The van der Waals surface area contributed by atoms with Crippen molar-refractivity contribution in [3.05, 3.63) is 29.6 Å². The summed E-state index contributed by atoms with van der Waals surface area (Å²) in [6.45, 7) is 9.67. The van der Waals surface area contributed by atoms with Crippen molar-refractivity contribution < 1.29 is 9.13 Å². The summed E-state index contributed by atoms with van der Waals surface area (Å²) in [5, 5.41) is 0. The number of halogens is 1. The predicted octanol–water partition coefficient (Wildman–Crippen LogP) is 2.85. The van der Waals surface area contributed by atoms with Crippen LogP contribution in [0.2, 0.25) is 0 Å². The molecular weight excluding hydrogens is 243 g/mol. The number of nitrogens with two attached hydrogens (primary N) is 1. The van der Waals surface area contributed by atoms with E-state index in [1.54, 1.807) is 0 Å². The minimum absolute atomic E-state index is 0.148. The fourth-order valence-corrected chi connectivity index (χ4v) is 2.82. The third-order valence-electron chi connectivity index (χ3n) is 3.39. The molecule has 0 radical (unpaired) electrons. The highest BCUT2D eigenvalue weighted by Crippen LogP contribution is 2.31. The summed E-state index contributed by atoms with van der Waals surface area (Å²) >= 11 is 0. The Morgan fingerprint density at radius 2 is 2.16 bits per heavy atom. The average molecular weight is 266 g/mol. The molecule has 4 heteroatoms. The first-order chi connectivity index (χ1) is 8.78. The molecule has 2 N–H and O–H groups in total. The number of rotatable bonds is 2. The maximum atomic E-state index is 13.4. The lowest BCUT2D eigenvalue weighted by molar-refractivity contribution is -0.0750. The Labute approximate surface area is 114 Å². The largest absolute Gasteiger partial charge is 0.369 e. The van der Waals surface area contributed by atoms with Gasteiger partial charge in [-0.15, -0.1) is 0 Å². The Balaban J connectivity index is 2.35. The van der Waals surface area contributed by atoms with Crippen LogP contribution >= 0.6 is 0 Å². The van der Waals surface area contributed by atoms with Gasteiger partial charge in [-0.05, 0) is 51.5 Å². The third kappa shape index (κ3) is 3.25. The van der Waals surface area contributed by atoms with Gasteiger partial charge in [0, 0.05) is 24.8 Å². The Morgan fingerprint density at radius 1 is 1.47 bits per heavy atom. The lowest BCUT2D eigenvalue weighted by Crippen LogP contribution is -2.52. The Hall–Kier alpha value is -1.13. The van der Waals surface area contributed by atoms with Gasteiger partial charge in [0.15, 0.2) is 0 Å². The molecule has 0 amide bonds. The van der Waals surface area contributed by atoms with E-state index in [1.165, 1.54) is 12.1 Å². The van der Waals surface area contributed by atoms with Crippen LogP contribution in [0.3, 0.4) is 0 Å². The summed E-state index contributed by atoms with van der Waals surface area (Å²) in [5.74, 6) is -0.239. The summed E-state index contributed by atoms with van der Waals surface area (Å²) in [7, 11) is 0. The van der Waals surface area contributed by atoms with Crippen LogP contribution in [0.4, 0.5) is 10.1 Å². The molecule has 2 unspecified atom stereocenters. The van der Waals surface area contributed by atoms with Crippen LogP contribution in [0.15, 0.2) is 18.2 Å². The van der Waals surface area contributed by atoms with E-state index in [1.807, 2.05) is 13.0 Å². The van der Waals surface area contributed by atoms with Gasteiger partial charge in [0.2, 0.25) is 0 Å². The van der Waals surface area contributed by atoms with E-state index in [4.69, 9.17) is 10.5 Å². The number of ether oxygens (including phenoxy) is 1. The van der Waals surface area contributed by atoms with Gasteiger partial charge in [-0.3, -0.25) is 0 Å². The normalized spacial score (nSPS) is 24.3. The number of benzene rings is 1. The first-order valence-corrected chi connectivity index (χ1v) is 6.76. The zero-order chi connectivity index (χ0) is 14.2. The minimum Gasteiger partial charge on any atom is -0.369 e. The fraction of sp³-hybridized carbons (Fsp3) is 0.600. The third-order valence-corrected chi connectivity index (χ3v) is 3.39. The second-order valence-electron chi connectivity index (χ2n) is 6.06. The highest BCUT2D eigenvalue weighted by molar-refractivity contribution is 5.55. The van der Waals surface area contributed by atoms with Gasteiger partial charge >= 0.3 is 0 Å². The van der Waals surface area contributed by atoms with Gasteiger partial charge in [-0.25, -0.2) is 4.39 Å². The number of hydrogen-bond acceptors (Lipinski definition) is 3. The van der Waals surface area contributed by atoms with Crippen molar-refractivity contribution in [1.29, 1.82) is 0 Å². The molecule has 1 aromatic carbocycles. The molecule has 0 aliphatic carbocycles. The quantitative estimate of drug-likeness (QED) is 0.894. The van der Waals surface area contributed by atoms with E-state index in [0.717, 1.165) is 24.3 Å². The molecule has 1 heterocycles. The van der Waals surface area contributed by atoms with Gasteiger partial charge in [0.25, 0.3) is 0 Å². The van der Waals surface area contributed by atoms with Gasteiger partial charge in [-0.1, -0.05) is 0 Å². The summed E-state index contributed by atoms with van der Waals surface area (Å²) < 4.78 is 19.3. The standard InChI is InChI=1S/C15H23FN2O/c1-10-8-18(9-15(3,4)19-10)14-6-5-12(16)7-13(14)11(2)17/h5-7,10-11H,8-9,17H2,1-4H3. The smallest absolute Gasteiger partial charge is 0.123 e. The van der Waals surface area contributed by atoms with E-state index >= 15 is 0 Å². The van der Waals surface area contributed by atoms with E-state index in [2.05, 4.69) is 25.7 Å². The van der Waals surface area contributed by atoms with E-state index in [0.29, 0.717) is 0 Å². The maximum absolute atomic E-state index is 13.4. The van der Waals surface area contributed by atoms with Crippen LogP contribution in [-0.2, 0) is 4.74 Å². The molecule has 0 aromatic heterocycles. The lowest BCUT2D eigenvalue weighted by Gasteiger charge is -2.43. The van der Waals surface area contributed by atoms with Crippen molar-refractivity contribution in [2.45, 2.75) is 45.4 Å². The summed E-state index contributed by atoms with van der Waals surface area (Å²) in [6, 6.07) is 4.66. The molecule has 0 spiro atoms. The average Bonchev–Trinajstić information content (AvgIpc) is 2.25. The number of hydrogen-bond donors (Lipinski definition) is 1. The summed E-state index contributed by atoms with van der Waals surface area (Å²) in [4.78, 5) is 2.24. The number of anilines is 1. The van der Waals surface area contributed by atoms with Crippen molar-refractivity contribution in [2.75, 3.05) is 18.0 Å². The monoisotopic (exact) mass is 266 g/mol. The molecule has 1 aliphatic rings. The molecule has 2 rings (SSSR count). The zero-order valence-electron chi connectivity index (χ0n) is 12.1. The second-order valence-corrected chi connectivity index (χ2v) is 6.06. The van der Waals surface area contributed by atoms with Gasteiger partial charge < -0.3 is 15.4 Å². The SMILES string of the molecule is CC1CN(c2ccc(F)cc2C(C)N)CC(C)(C)O1. The van der Waals surface area contributed by atoms with Crippen LogP contribution in [0.5, 0.6) is 0 Å². The van der Waals surface area contributed by atoms with Crippen molar-refractivity contribution in [2.24, 2.45) is 5.73 Å². The molecule has 0 saturated carbocycles. The topological polar surface area (TPSA) is 38.5 Å². The number of nitrogens with zero attached hydrogens (tertiary/aromatic N) is 1. The molecule has 19 heavy (non-hydrogen) atoms. The molecule has 1 aliphatic heterocycles. The van der Waals surface area contributed by atoms with Crippen LogP contribution in [-0.4, -0.2) is 24.8 Å². The van der Waals surface area contributed by atoms with Crippen LogP contribution in [0.1, 0.15) is 39.3 Å².